The van der Waals surface area contributed by atoms with E-state index in [0.717, 1.165) is 34.4 Å². The minimum absolute atomic E-state index is 0.168. The molecule has 0 bridgehead atoms. The predicted molar refractivity (Wildman–Crippen MR) is 141 cm³/mol. The predicted octanol–water partition coefficient (Wildman–Crippen LogP) is 6.96. The van der Waals surface area contributed by atoms with E-state index in [4.69, 9.17) is 21.1 Å². The molecule has 1 N–H and O–H groups in total. The number of rotatable bonds is 6. The lowest BCUT2D eigenvalue weighted by atomic mass is 9.93. The highest BCUT2D eigenvalue weighted by Crippen LogP contribution is 2.38. The molecule has 0 aliphatic carbocycles. The van der Waals surface area contributed by atoms with Crippen molar-refractivity contribution in [3.63, 3.8) is 0 Å². The Labute approximate surface area is 215 Å². The summed E-state index contributed by atoms with van der Waals surface area (Å²) in [6.07, 6.45) is 0.942. The number of carbonyl (C=O) groups is 1. The van der Waals surface area contributed by atoms with E-state index in [1.807, 2.05) is 62.4 Å². The number of amides is 2. The van der Waals surface area contributed by atoms with Crippen LogP contribution >= 0.6 is 11.6 Å². The molecular weight excluding hydrogens is 472 g/mol. The lowest BCUT2D eigenvalue weighted by molar-refractivity contribution is 0.203. The number of aromatic nitrogens is 2. The molecule has 0 radical (unpaired) electrons. The summed E-state index contributed by atoms with van der Waals surface area (Å²) in [5.74, 6) is 0.833. The number of hydrogen-bond acceptors (Lipinski definition) is 4. The van der Waals surface area contributed by atoms with E-state index in [1.165, 1.54) is 11.1 Å². The van der Waals surface area contributed by atoms with Gasteiger partial charge < -0.3 is 9.84 Å². The normalized spacial score (nSPS) is 15.8. The van der Waals surface area contributed by atoms with Gasteiger partial charge in [-0.1, -0.05) is 77.8 Å². The summed E-state index contributed by atoms with van der Waals surface area (Å²) in [5.41, 5.74) is 6.74. The third kappa shape index (κ3) is 4.77. The molecule has 1 unspecified atom stereocenters. The van der Waals surface area contributed by atoms with E-state index in [9.17, 15) is 4.79 Å². The Morgan fingerprint density at radius 3 is 2.28 bits per heavy atom. The van der Waals surface area contributed by atoms with Crippen LogP contribution in [0.2, 0.25) is 5.02 Å². The van der Waals surface area contributed by atoms with Gasteiger partial charge in [-0.25, -0.2) is 4.79 Å². The van der Waals surface area contributed by atoms with Crippen molar-refractivity contribution in [2.45, 2.75) is 39.8 Å². The summed E-state index contributed by atoms with van der Waals surface area (Å²) in [6.45, 7) is 6.53. The summed E-state index contributed by atoms with van der Waals surface area (Å²) in [7, 11) is 0. The van der Waals surface area contributed by atoms with Gasteiger partial charge in [0.1, 0.15) is 0 Å². The minimum Gasteiger partial charge on any atom is -0.334 e. The third-order valence-corrected chi connectivity index (χ3v) is 6.79. The molecule has 1 aliphatic rings. The molecule has 7 heteroatoms. The summed E-state index contributed by atoms with van der Waals surface area (Å²) < 4.78 is 5.78. The van der Waals surface area contributed by atoms with Crippen LogP contribution in [0.1, 0.15) is 48.0 Å². The summed E-state index contributed by atoms with van der Waals surface area (Å²) >= 11 is 6.04. The molecule has 0 spiro atoms. The quantitative estimate of drug-likeness (QED) is 0.312. The Morgan fingerprint density at radius 2 is 1.61 bits per heavy atom. The van der Waals surface area contributed by atoms with Crippen LogP contribution < -0.4 is 5.32 Å². The van der Waals surface area contributed by atoms with Crippen LogP contribution in [0.4, 0.5) is 4.79 Å². The molecule has 6 nitrogen and oxygen atoms in total. The van der Waals surface area contributed by atoms with Crippen molar-refractivity contribution < 1.29 is 9.32 Å². The standard InChI is InChI=1S/C29H27ClN4O2/c1-4-20-9-11-22(12-10-20)26-25(28-32-27(33-36-28)23-13-15-24(30)16-14-23)19(3)34(29(35)31-26)17-21-7-5-18(2)6-8-21/h5-16,26H,4,17H2,1-3H3,(H,31,35). The monoisotopic (exact) mass is 498 g/mol. The van der Waals surface area contributed by atoms with Crippen LogP contribution in [0.3, 0.4) is 0 Å². The van der Waals surface area contributed by atoms with Crippen molar-refractivity contribution in [2.24, 2.45) is 0 Å². The minimum atomic E-state index is -0.420. The van der Waals surface area contributed by atoms with Crippen LogP contribution in [0.15, 0.2) is 83.0 Å². The fourth-order valence-corrected chi connectivity index (χ4v) is 4.50. The fourth-order valence-electron chi connectivity index (χ4n) is 4.37. The number of benzene rings is 3. The van der Waals surface area contributed by atoms with E-state index in [0.29, 0.717) is 23.3 Å². The third-order valence-electron chi connectivity index (χ3n) is 6.54. The Kier molecular flexibility index (Phi) is 6.61. The molecule has 4 aromatic rings. The highest BCUT2D eigenvalue weighted by atomic mass is 35.5. The van der Waals surface area contributed by atoms with Gasteiger partial charge in [0.15, 0.2) is 0 Å². The number of urea groups is 1. The lowest BCUT2D eigenvalue weighted by Crippen LogP contribution is -2.45. The lowest BCUT2D eigenvalue weighted by Gasteiger charge is -2.35. The molecule has 0 fully saturated rings. The second-order valence-electron chi connectivity index (χ2n) is 8.98. The van der Waals surface area contributed by atoms with E-state index in [1.54, 1.807) is 17.0 Å². The Morgan fingerprint density at radius 1 is 0.944 bits per heavy atom. The van der Waals surface area contributed by atoms with E-state index >= 15 is 0 Å². The van der Waals surface area contributed by atoms with Crippen LogP contribution in [0.5, 0.6) is 0 Å². The Bertz CT molecular complexity index is 1410. The highest BCUT2D eigenvalue weighted by Gasteiger charge is 2.35. The maximum atomic E-state index is 13.3. The fraction of sp³-hybridized carbons (Fsp3) is 0.207. The largest absolute Gasteiger partial charge is 0.334 e. The number of carbonyl (C=O) groups excluding carboxylic acids is 1. The molecule has 36 heavy (non-hydrogen) atoms. The van der Waals surface area contributed by atoms with Gasteiger partial charge in [-0.15, -0.1) is 0 Å². The molecule has 2 amide bonds. The zero-order valence-corrected chi connectivity index (χ0v) is 21.2. The first-order valence-electron chi connectivity index (χ1n) is 12.0. The first-order chi connectivity index (χ1) is 17.4. The molecule has 2 heterocycles. The number of allylic oxidation sites excluding steroid dienone is 1. The number of nitrogens with one attached hydrogen (secondary N) is 1. The average molecular weight is 499 g/mol. The summed E-state index contributed by atoms with van der Waals surface area (Å²) in [4.78, 5) is 19.8. The van der Waals surface area contributed by atoms with Gasteiger partial charge in [0.2, 0.25) is 5.82 Å². The van der Waals surface area contributed by atoms with Crippen LogP contribution in [-0.2, 0) is 13.0 Å². The number of halogens is 1. The zero-order chi connectivity index (χ0) is 25.2. The van der Waals surface area contributed by atoms with Crippen LogP contribution in [0.25, 0.3) is 17.0 Å². The molecule has 1 atom stereocenters. The zero-order valence-electron chi connectivity index (χ0n) is 20.5. The van der Waals surface area contributed by atoms with E-state index < -0.39 is 6.04 Å². The van der Waals surface area contributed by atoms with Crippen molar-refractivity contribution in [2.75, 3.05) is 0 Å². The van der Waals surface area contributed by atoms with Gasteiger partial charge >= 0.3 is 6.03 Å². The first-order valence-corrected chi connectivity index (χ1v) is 12.3. The van der Waals surface area contributed by atoms with Gasteiger partial charge in [0.05, 0.1) is 18.2 Å². The van der Waals surface area contributed by atoms with Gasteiger partial charge in [-0.05, 0) is 61.2 Å². The van der Waals surface area contributed by atoms with Gasteiger partial charge in [0, 0.05) is 16.3 Å². The van der Waals surface area contributed by atoms with Crippen molar-refractivity contribution in [3.8, 4) is 11.4 Å². The first kappa shape index (κ1) is 23.8. The van der Waals surface area contributed by atoms with Gasteiger partial charge in [-0.3, -0.25) is 4.90 Å². The molecule has 3 aromatic carbocycles. The van der Waals surface area contributed by atoms with Gasteiger partial charge in [0.25, 0.3) is 5.89 Å². The summed E-state index contributed by atoms with van der Waals surface area (Å²) in [5, 5.41) is 8.03. The molecule has 0 saturated heterocycles. The number of hydrogen-bond donors (Lipinski definition) is 1. The topological polar surface area (TPSA) is 71.3 Å². The molecular formula is C29H27ClN4O2. The molecule has 5 rings (SSSR count). The second-order valence-corrected chi connectivity index (χ2v) is 9.41. The van der Waals surface area contributed by atoms with Crippen molar-refractivity contribution in [1.29, 1.82) is 0 Å². The SMILES string of the molecule is CCc1ccc(C2NC(=O)N(Cc3ccc(C)cc3)C(C)=C2c2nc(-c3ccc(Cl)cc3)no2)cc1. The average Bonchev–Trinajstić information content (AvgIpc) is 3.37. The maximum Gasteiger partial charge on any atom is 0.322 e. The van der Waals surface area contributed by atoms with Crippen molar-refractivity contribution in [1.82, 2.24) is 20.4 Å². The molecule has 1 aliphatic heterocycles. The Hall–Kier alpha value is -3.90. The van der Waals surface area contributed by atoms with E-state index in [-0.39, 0.29) is 6.03 Å². The Balaban J connectivity index is 1.58. The smallest absolute Gasteiger partial charge is 0.322 e. The van der Waals surface area contributed by atoms with Crippen LogP contribution in [0, 0.1) is 6.92 Å². The van der Waals surface area contributed by atoms with E-state index in [2.05, 4.69) is 29.5 Å². The van der Waals surface area contributed by atoms with Crippen LogP contribution in [-0.4, -0.2) is 21.1 Å². The summed E-state index contributed by atoms with van der Waals surface area (Å²) in [6, 6.07) is 23.1. The number of nitrogens with zero attached hydrogens (tertiary/aromatic N) is 3. The molecule has 182 valence electrons. The van der Waals surface area contributed by atoms with Gasteiger partial charge in [-0.2, -0.15) is 4.98 Å². The highest BCUT2D eigenvalue weighted by molar-refractivity contribution is 6.30. The van der Waals surface area contributed by atoms with Crippen molar-refractivity contribution in [3.05, 3.63) is 112 Å². The number of aryl methyl sites for hydroxylation is 2. The second kappa shape index (κ2) is 9.99. The van der Waals surface area contributed by atoms with Crippen molar-refractivity contribution >= 4 is 23.2 Å². The maximum absolute atomic E-state index is 13.3. The molecule has 0 saturated carbocycles. The molecule has 1 aromatic heterocycles.